The van der Waals surface area contributed by atoms with Crippen LogP contribution in [-0.2, 0) is 4.79 Å². The molecule has 0 unspecified atom stereocenters. The highest BCUT2D eigenvalue weighted by Gasteiger charge is 2.34. The minimum atomic E-state index is -0.328. The van der Waals surface area contributed by atoms with E-state index >= 15 is 0 Å². The van der Waals surface area contributed by atoms with Crippen LogP contribution in [0.4, 0.5) is 0 Å². The summed E-state index contributed by atoms with van der Waals surface area (Å²) in [7, 11) is 1.62. The molecule has 0 bridgehead atoms. The average Bonchev–Trinajstić information content (AvgIpc) is 2.58. The van der Waals surface area contributed by atoms with Crippen LogP contribution in [0.15, 0.2) is 48.5 Å². The average molecular weight is 351 g/mol. The van der Waals surface area contributed by atoms with Crippen LogP contribution in [0.1, 0.15) is 43.0 Å². The zero-order chi connectivity index (χ0) is 18.7. The van der Waals surface area contributed by atoms with E-state index in [0.29, 0.717) is 0 Å². The molecule has 2 aromatic rings. The molecule has 0 radical (unpaired) electrons. The lowest BCUT2D eigenvalue weighted by molar-refractivity contribution is -0.117. The zero-order valence-electron chi connectivity index (χ0n) is 15.7. The number of para-hydroxylation sites is 1. The van der Waals surface area contributed by atoms with E-state index in [0.717, 1.165) is 34.6 Å². The molecule has 1 atom stereocenters. The predicted molar refractivity (Wildman–Crippen MR) is 103 cm³/mol. The van der Waals surface area contributed by atoms with Gasteiger partial charge in [0.05, 0.1) is 13.2 Å². The zero-order valence-corrected chi connectivity index (χ0v) is 15.7. The van der Waals surface area contributed by atoms with E-state index in [4.69, 9.17) is 9.47 Å². The van der Waals surface area contributed by atoms with E-state index in [-0.39, 0.29) is 17.6 Å². The second-order valence-corrected chi connectivity index (χ2v) is 7.24. The summed E-state index contributed by atoms with van der Waals surface area (Å²) >= 11 is 0. The summed E-state index contributed by atoms with van der Waals surface area (Å²) in [4.78, 5) is 12.5. The Morgan fingerprint density at radius 1 is 1.27 bits per heavy atom. The Hall–Kier alpha value is -2.75. The van der Waals surface area contributed by atoms with Crippen molar-refractivity contribution >= 4 is 12.0 Å². The number of nitrogens with one attached hydrogen (secondary N) is 1. The van der Waals surface area contributed by atoms with Crippen molar-refractivity contribution in [3.05, 3.63) is 65.2 Å². The Balaban J connectivity index is 1.78. The van der Waals surface area contributed by atoms with Gasteiger partial charge < -0.3 is 14.8 Å². The standard InChI is InChI=1S/C22H25NO3/c1-15-9-11-17-18(14-22(2,3)26-20(17)13-15)23-21(24)12-10-16-7-5-6-8-19(16)25-4/h5-13,18H,14H2,1-4H3,(H,23,24)/b12-10+/t18-/m0/s1. The van der Waals surface area contributed by atoms with Gasteiger partial charge in [-0.25, -0.2) is 0 Å². The largest absolute Gasteiger partial charge is 0.496 e. The Kier molecular flexibility index (Phi) is 5.03. The number of hydrogen-bond acceptors (Lipinski definition) is 3. The lowest BCUT2D eigenvalue weighted by Gasteiger charge is -2.38. The van der Waals surface area contributed by atoms with Gasteiger partial charge in [-0.2, -0.15) is 0 Å². The maximum absolute atomic E-state index is 12.5. The summed E-state index contributed by atoms with van der Waals surface area (Å²) in [5.41, 5.74) is 2.70. The number of aryl methyl sites for hydroxylation is 1. The third-order valence-electron chi connectivity index (χ3n) is 4.50. The Bertz CT molecular complexity index is 839. The van der Waals surface area contributed by atoms with Crippen molar-refractivity contribution < 1.29 is 14.3 Å². The quantitative estimate of drug-likeness (QED) is 0.829. The lowest BCUT2D eigenvalue weighted by Crippen LogP contribution is -2.40. The second kappa shape index (κ2) is 7.24. The predicted octanol–water partition coefficient (Wildman–Crippen LogP) is 4.44. The van der Waals surface area contributed by atoms with Crippen molar-refractivity contribution in [2.24, 2.45) is 0 Å². The number of carbonyl (C=O) groups is 1. The molecule has 0 aromatic heterocycles. The molecule has 0 aliphatic carbocycles. The third kappa shape index (κ3) is 4.07. The molecule has 1 amide bonds. The molecule has 3 rings (SSSR count). The SMILES string of the molecule is COc1ccccc1/C=C/C(=O)N[C@H]1CC(C)(C)Oc2cc(C)ccc21. The third-order valence-corrected chi connectivity index (χ3v) is 4.50. The van der Waals surface area contributed by atoms with Crippen molar-refractivity contribution in [2.75, 3.05) is 7.11 Å². The van der Waals surface area contributed by atoms with Crippen LogP contribution in [0, 0.1) is 6.92 Å². The first-order valence-electron chi connectivity index (χ1n) is 8.79. The second-order valence-electron chi connectivity index (χ2n) is 7.24. The number of benzene rings is 2. The van der Waals surface area contributed by atoms with E-state index in [2.05, 4.69) is 5.32 Å². The van der Waals surface area contributed by atoms with Gasteiger partial charge in [-0.3, -0.25) is 4.79 Å². The summed E-state index contributed by atoms with van der Waals surface area (Å²) in [6, 6.07) is 13.6. The summed E-state index contributed by atoms with van der Waals surface area (Å²) in [5, 5.41) is 3.11. The van der Waals surface area contributed by atoms with E-state index in [1.165, 1.54) is 0 Å². The van der Waals surface area contributed by atoms with Gasteiger partial charge in [0.1, 0.15) is 17.1 Å². The molecule has 1 heterocycles. The van der Waals surface area contributed by atoms with Crippen LogP contribution in [-0.4, -0.2) is 18.6 Å². The van der Waals surface area contributed by atoms with Gasteiger partial charge in [-0.1, -0.05) is 30.3 Å². The van der Waals surface area contributed by atoms with Crippen LogP contribution in [0.25, 0.3) is 6.08 Å². The molecule has 26 heavy (non-hydrogen) atoms. The highest BCUT2D eigenvalue weighted by Crippen LogP contribution is 2.39. The van der Waals surface area contributed by atoms with Crippen LogP contribution in [0.3, 0.4) is 0 Å². The number of amides is 1. The molecule has 2 aromatic carbocycles. The van der Waals surface area contributed by atoms with E-state index in [1.807, 2.05) is 63.2 Å². The topological polar surface area (TPSA) is 47.6 Å². The van der Waals surface area contributed by atoms with Gasteiger partial charge in [-0.15, -0.1) is 0 Å². The highest BCUT2D eigenvalue weighted by atomic mass is 16.5. The van der Waals surface area contributed by atoms with Gasteiger partial charge in [0.25, 0.3) is 0 Å². The van der Waals surface area contributed by atoms with Gasteiger partial charge in [0, 0.05) is 23.6 Å². The fraction of sp³-hybridized carbons (Fsp3) is 0.318. The molecule has 1 aliphatic heterocycles. The number of ether oxygens (including phenoxy) is 2. The Morgan fingerprint density at radius 3 is 2.81 bits per heavy atom. The van der Waals surface area contributed by atoms with Crippen molar-refractivity contribution in [1.82, 2.24) is 5.32 Å². The molecule has 4 nitrogen and oxygen atoms in total. The Morgan fingerprint density at radius 2 is 2.04 bits per heavy atom. The van der Waals surface area contributed by atoms with Crippen LogP contribution >= 0.6 is 0 Å². The van der Waals surface area contributed by atoms with Gasteiger partial charge in [-0.05, 0) is 44.5 Å². The number of carbonyl (C=O) groups excluding carboxylic acids is 1. The van der Waals surface area contributed by atoms with E-state index in [1.54, 1.807) is 19.3 Å². The first kappa shape index (κ1) is 18.1. The van der Waals surface area contributed by atoms with Crippen molar-refractivity contribution in [1.29, 1.82) is 0 Å². The molecule has 0 spiro atoms. The fourth-order valence-electron chi connectivity index (χ4n) is 3.28. The van der Waals surface area contributed by atoms with Gasteiger partial charge in [0.15, 0.2) is 0 Å². The van der Waals surface area contributed by atoms with Gasteiger partial charge >= 0.3 is 0 Å². The van der Waals surface area contributed by atoms with Crippen molar-refractivity contribution in [2.45, 2.75) is 38.8 Å². The number of methoxy groups -OCH3 is 1. The van der Waals surface area contributed by atoms with Crippen LogP contribution < -0.4 is 14.8 Å². The lowest BCUT2D eigenvalue weighted by atomic mass is 9.89. The first-order valence-corrected chi connectivity index (χ1v) is 8.79. The van der Waals surface area contributed by atoms with Crippen LogP contribution in [0.2, 0.25) is 0 Å². The fourth-order valence-corrected chi connectivity index (χ4v) is 3.28. The van der Waals surface area contributed by atoms with Crippen LogP contribution in [0.5, 0.6) is 11.5 Å². The minimum Gasteiger partial charge on any atom is -0.496 e. The molecule has 4 heteroatoms. The number of fused-ring (bicyclic) bond motifs is 1. The number of hydrogen-bond donors (Lipinski definition) is 1. The van der Waals surface area contributed by atoms with E-state index in [9.17, 15) is 4.79 Å². The molecular formula is C22H25NO3. The summed E-state index contributed by atoms with van der Waals surface area (Å²) in [6.07, 6.45) is 4.04. The molecule has 0 saturated carbocycles. The number of rotatable bonds is 4. The maximum Gasteiger partial charge on any atom is 0.244 e. The maximum atomic E-state index is 12.5. The molecule has 1 N–H and O–H groups in total. The van der Waals surface area contributed by atoms with Crippen molar-refractivity contribution in [3.8, 4) is 11.5 Å². The molecule has 0 saturated heterocycles. The monoisotopic (exact) mass is 351 g/mol. The minimum absolute atomic E-state index is 0.0795. The molecule has 1 aliphatic rings. The molecular weight excluding hydrogens is 326 g/mol. The van der Waals surface area contributed by atoms with E-state index < -0.39 is 0 Å². The highest BCUT2D eigenvalue weighted by molar-refractivity contribution is 5.92. The summed E-state index contributed by atoms with van der Waals surface area (Å²) in [6.45, 7) is 6.12. The van der Waals surface area contributed by atoms with Gasteiger partial charge in [0.2, 0.25) is 5.91 Å². The normalized spacial score (nSPS) is 18.1. The first-order chi connectivity index (χ1) is 12.4. The molecule has 136 valence electrons. The molecule has 0 fully saturated rings. The Labute approximate surface area is 154 Å². The smallest absolute Gasteiger partial charge is 0.244 e. The summed E-state index contributed by atoms with van der Waals surface area (Å²) in [5.74, 6) is 1.45. The van der Waals surface area contributed by atoms with Crippen molar-refractivity contribution in [3.63, 3.8) is 0 Å². The summed E-state index contributed by atoms with van der Waals surface area (Å²) < 4.78 is 11.4.